The van der Waals surface area contributed by atoms with Gasteiger partial charge in [-0.2, -0.15) is 0 Å². The molecule has 1 aromatic heterocycles. The van der Waals surface area contributed by atoms with Crippen LogP contribution in [0, 0.1) is 5.82 Å². The topological polar surface area (TPSA) is 65.8 Å². The average Bonchev–Trinajstić information content (AvgIpc) is 2.56. The number of hydrogen-bond donors (Lipinski definition) is 1. The Kier molecular flexibility index (Phi) is 5.98. The van der Waals surface area contributed by atoms with Crippen molar-refractivity contribution in [1.82, 2.24) is 9.47 Å². The molecule has 1 aromatic carbocycles. The SMILES string of the molecule is CCn1cc(C(=O)O)c(=O)c2cc(F)c(N3CCN(C)CC3)cc21.[99Tc]. The smallest absolute Gasteiger partial charge is 0.341 e. The molecule has 0 unspecified atom stereocenters. The van der Waals surface area contributed by atoms with Crippen molar-refractivity contribution in [2.24, 2.45) is 0 Å². The van der Waals surface area contributed by atoms with Crippen molar-refractivity contribution in [3.8, 4) is 0 Å². The van der Waals surface area contributed by atoms with Crippen molar-refractivity contribution in [2.75, 3.05) is 38.1 Å². The van der Waals surface area contributed by atoms with Gasteiger partial charge in [-0.15, -0.1) is 0 Å². The van der Waals surface area contributed by atoms with Gasteiger partial charge in [-0.05, 0) is 26.1 Å². The molecule has 0 aliphatic carbocycles. The summed E-state index contributed by atoms with van der Waals surface area (Å²) in [6.45, 7) is 5.45. The van der Waals surface area contributed by atoms with E-state index in [-0.39, 0.29) is 31.1 Å². The van der Waals surface area contributed by atoms with Gasteiger partial charge < -0.3 is 19.5 Å². The molecular weight excluding hydrogens is 412 g/mol. The maximum absolute atomic E-state index is 14.6. The number of halogens is 1. The zero-order chi connectivity index (χ0) is 17.4. The number of pyridine rings is 1. The van der Waals surface area contributed by atoms with Crippen LogP contribution in [0.25, 0.3) is 10.9 Å². The van der Waals surface area contributed by atoms with E-state index in [0.717, 1.165) is 13.1 Å². The predicted octanol–water partition coefficient (Wildman–Crippen LogP) is 1.61. The molecule has 1 aliphatic rings. The first-order chi connectivity index (χ1) is 11.4. The van der Waals surface area contributed by atoms with E-state index in [9.17, 15) is 19.1 Å². The number of anilines is 1. The maximum atomic E-state index is 14.6. The van der Waals surface area contributed by atoms with Crippen molar-refractivity contribution in [3.63, 3.8) is 0 Å². The van der Waals surface area contributed by atoms with Crippen LogP contribution in [-0.4, -0.2) is 53.8 Å². The number of carbonyl (C=O) groups is 1. The minimum Gasteiger partial charge on any atom is -0.477 e. The number of aromatic carboxylic acids is 1. The number of carboxylic acid groups (broad SMARTS) is 1. The molecule has 25 heavy (non-hydrogen) atoms. The third-order valence-corrected chi connectivity index (χ3v) is 4.56. The molecule has 3 rings (SSSR count). The summed E-state index contributed by atoms with van der Waals surface area (Å²) < 4.78 is 16.3. The Morgan fingerprint density at radius 2 is 1.88 bits per heavy atom. The number of likely N-dealkylation sites (N-methyl/N-ethyl adjacent to an activating group) is 1. The third-order valence-electron chi connectivity index (χ3n) is 4.56. The van der Waals surface area contributed by atoms with Crippen LogP contribution in [0.1, 0.15) is 17.3 Å². The zero-order valence-corrected chi connectivity index (χ0v) is 16.0. The van der Waals surface area contributed by atoms with Gasteiger partial charge in [-0.3, -0.25) is 4.79 Å². The van der Waals surface area contributed by atoms with Crippen LogP contribution in [0.5, 0.6) is 0 Å². The van der Waals surface area contributed by atoms with E-state index < -0.39 is 17.2 Å². The first-order valence-electron chi connectivity index (χ1n) is 7.96. The molecule has 1 N–H and O–H groups in total. The summed E-state index contributed by atoms with van der Waals surface area (Å²) in [6.07, 6.45) is 1.33. The standard InChI is InChI=1S/C17H20FN3O3.Tc/c1-3-20-10-12(17(23)24)16(22)11-8-13(18)15(9-14(11)20)21-6-4-19(2)5-7-21;/h8-10H,3-7H2,1-2H3,(H,23,24);/i;1+1. The fraction of sp³-hybridized carbons (Fsp3) is 0.412. The van der Waals surface area contributed by atoms with Gasteiger partial charge in [-0.25, -0.2) is 9.18 Å². The Hall–Kier alpha value is -1.76. The van der Waals surface area contributed by atoms with Crippen molar-refractivity contribution in [3.05, 3.63) is 39.9 Å². The van der Waals surface area contributed by atoms with Crippen LogP contribution < -0.4 is 10.3 Å². The molecule has 0 saturated carbocycles. The number of nitrogens with zero attached hydrogens (tertiary/aromatic N) is 3. The third kappa shape index (κ3) is 3.61. The molecule has 2 heterocycles. The summed E-state index contributed by atoms with van der Waals surface area (Å²) in [5.41, 5.74) is 0.0326. The second-order valence-corrected chi connectivity index (χ2v) is 6.07. The van der Waals surface area contributed by atoms with Crippen LogP contribution in [0.2, 0.25) is 0 Å². The molecular formula is C17H20FN3O3Tc. The van der Waals surface area contributed by atoms with E-state index in [0.29, 0.717) is 30.8 Å². The second-order valence-electron chi connectivity index (χ2n) is 6.07. The van der Waals surface area contributed by atoms with Gasteiger partial charge in [0, 0.05) is 64.4 Å². The Morgan fingerprint density at radius 3 is 2.44 bits per heavy atom. The summed E-state index contributed by atoms with van der Waals surface area (Å²) in [7, 11) is 2.02. The number of fused-ring (bicyclic) bond motifs is 1. The number of aryl methyl sites for hydroxylation is 1. The predicted molar refractivity (Wildman–Crippen MR) is 90.5 cm³/mol. The molecule has 0 atom stereocenters. The molecule has 2 aromatic rings. The summed E-state index contributed by atoms with van der Waals surface area (Å²) in [6, 6.07) is 2.83. The average molecular weight is 432 g/mol. The molecule has 0 amide bonds. The Morgan fingerprint density at radius 1 is 1.24 bits per heavy atom. The normalized spacial score (nSPS) is 15.2. The quantitative estimate of drug-likeness (QED) is 0.799. The number of rotatable bonds is 3. The van der Waals surface area contributed by atoms with E-state index in [1.165, 1.54) is 12.3 Å². The molecule has 1 fully saturated rings. The van der Waals surface area contributed by atoms with Crippen LogP contribution in [0.4, 0.5) is 10.1 Å². The molecule has 1 aliphatic heterocycles. The first kappa shape index (κ1) is 19.6. The first-order valence-corrected chi connectivity index (χ1v) is 7.96. The van der Waals surface area contributed by atoms with Crippen LogP contribution in [0.3, 0.4) is 0 Å². The summed E-state index contributed by atoms with van der Waals surface area (Å²) >= 11 is 0. The largest absolute Gasteiger partial charge is 0.477 e. The molecule has 1 radical (unpaired) electrons. The van der Waals surface area contributed by atoms with E-state index in [2.05, 4.69) is 4.90 Å². The van der Waals surface area contributed by atoms with Gasteiger partial charge in [0.05, 0.1) is 11.2 Å². The molecule has 135 valence electrons. The number of aromatic nitrogens is 1. The van der Waals surface area contributed by atoms with Crippen LogP contribution >= 0.6 is 0 Å². The molecule has 0 bridgehead atoms. The van der Waals surface area contributed by atoms with Gasteiger partial charge >= 0.3 is 5.97 Å². The van der Waals surface area contributed by atoms with Crippen LogP contribution in [-0.2, 0) is 26.7 Å². The zero-order valence-electron chi connectivity index (χ0n) is 14.1. The molecule has 1 saturated heterocycles. The Labute approximate surface area is 158 Å². The minimum atomic E-state index is -1.30. The van der Waals surface area contributed by atoms with Gasteiger partial charge in [0.1, 0.15) is 11.4 Å². The van der Waals surface area contributed by atoms with Gasteiger partial charge in [0.25, 0.3) is 0 Å². The van der Waals surface area contributed by atoms with E-state index in [1.54, 1.807) is 10.6 Å². The van der Waals surface area contributed by atoms with E-state index >= 15 is 0 Å². The molecule has 8 heteroatoms. The monoisotopic (exact) mass is 432 g/mol. The Balaban J connectivity index is 0.00000225. The van der Waals surface area contributed by atoms with Crippen molar-refractivity contribution >= 4 is 22.6 Å². The van der Waals surface area contributed by atoms with Gasteiger partial charge in [0.15, 0.2) is 0 Å². The molecule has 6 nitrogen and oxygen atoms in total. The van der Waals surface area contributed by atoms with Gasteiger partial charge in [-0.1, -0.05) is 0 Å². The summed E-state index contributed by atoms with van der Waals surface area (Å²) in [5, 5.41) is 9.28. The number of hydrogen-bond acceptors (Lipinski definition) is 4. The van der Waals surface area contributed by atoms with Crippen molar-refractivity contribution in [2.45, 2.75) is 13.5 Å². The number of piperazine rings is 1. The fourth-order valence-corrected chi connectivity index (χ4v) is 3.10. The minimum absolute atomic E-state index is 0. The Bertz CT molecular complexity index is 860. The van der Waals surface area contributed by atoms with E-state index in [1.807, 2.05) is 18.9 Å². The molecule has 0 spiro atoms. The van der Waals surface area contributed by atoms with E-state index in [4.69, 9.17) is 0 Å². The summed E-state index contributed by atoms with van der Waals surface area (Å²) in [4.78, 5) is 27.7. The fourth-order valence-electron chi connectivity index (χ4n) is 3.10. The summed E-state index contributed by atoms with van der Waals surface area (Å²) in [5.74, 6) is -1.79. The number of carboxylic acids is 1. The number of benzene rings is 1. The second kappa shape index (κ2) is 7.64. The van der Waals surface area contributed by atoms with Crippen molar-refractivity contribution < 1.29 is 34.4 Å². The van der Waals surface area contributed by atoms with Crippen LogP contribution in [0.15, 0.2) is 23.1 Å². The van der Waals surface area contributed by atoms with Crippen molar-refractivity contribution in [1.29, 1.82) is 0 Å². The van der Waals surface area contributed by atoms with Gasteiger partial charge in [0.2, 0.25) is 5.43 Å². The maximum Gasteiger partial charge on any atom is 0.341 e.